The van der Waals surface area contributed by atoms with E-state index in [4.69, 9.17) is 9.47 Å². The smallest absolute Gasteiger partial charge is 0.102 e. The molecule has 0 aromatic heterocycles. The van der Waals surface area contributed by atoms with Crippen molar-refractivity contribution < 1.29 is 9.47 Å². The van der Waals surface area contributed by atoms with Crippen LogP contribution >= 0.6 is 0 Å². The van der Waals surface area contributed by atoms with Crippen molar-refractivity contribution in [3.63, 3.8) is 0 Å². The Morgan fingerprint density at radius 3 is 2.57 bits per heavy atom. The summed E-state index contributed by atoms with van der Waals surface area (Å²) >= 11 is 0. The van der Waals surface area contributed by atoms with Gasteiger partial charge in [-0.3, -0.25) is 0 Å². The van der Waals surface area contributed by atoms with Crippen molar-refractivity contribution in [3.05, 3.63) is 11.8 Å². The Labute approximate surface area is 86.3 Å². The van der Waals surface area contributed by atoms with Gasteiger partial charge in [-0.2, -0.15) is 0 Å². The normalized spacial score (nSPS) is 25.4. The molecule has 0 radical (unpaired) electrons. The molecule has 1 heterocycles. The summed E-state index contributed by atoms with van der Waals surface area (Å²) in [5.74, 6) is 0.621. The molecule has 0 amide bonds. The van der Waals surface area contributed by atoms with Gasteiger partial charge < -0.3 is 9.47 Å². The number of allylic oxidation sites excluding steroid dienone is 1. The van der Waals surface area contributed by atoms with E-state index in [-0.39, 0.29) is 0 Å². The Hall–Kier alpha value is -0.500. The van der Waals surface area contributed by atoms with E-state index in [9.17, 15) is 0 Å². The van der Waals surface area contributed by atoms with Crippen LogP contribution in [0.1, 0.15) is 39.0 Å². The molecular weight excluding hydrogens is 176 g/mol. The van der Waals surface area contributed by atoms with Gasteiger partial charge in [-0.1, -0.05) is 6.42 Å². The number of hydrogen-bond donors (Lipinski definition) is 0. The van der Waals surface area contributed by atoms with E-state index in [0.717, 1.165) is 13.2 Å². The van der Waals surface area contributed by atoms with Gasteiger partial charge in [0.25, 0.3) is 0 Å². The minimum Gasteiger partial charge on any atom is -0.498 e. The Balaban J connectivity index is 1.73. The maximum atomic E-state index is 5.74. The highest BCUT2D eigenvalue weighted by Crippen LogP contribution is 2.24. The van der Waals surface area contributed by atoms with E-state index in [2.05, 4.69) is 6.92 Å². The van der Waals surface area contributed by atoms with Crippen molar-refractivity contribution in [1.29, 1.82) is 0 Å². The van der Waals surface area contributed by atoms with Gasteiger partial charge in [0.15, 0.2) is 0 Å². The van der Waals surface area contributed by atoms with Crippen molar-refractivity contribution in [2.45, 2.75) is 45.1 Å². The molecule has 1 saturated heterocycles. The molecule has 1 atom stereocenters. The zero-order valence-corrected chi connectivity index (χ0v) is 9.00. The molecule has 0 spiro atoms. The summed E-state index contributed by atoms with van der Waals surface area (Å²) in [5.41, 5.74) is 1.50. The van der Waals surface area contributed by atoms with Crippen molar-refractivity contribution in [2.75, 3.05) is 13.2 Å². The van der Waals surface area contributed by atoms with E-state index < -0.39 is 0 Å². The Kier molecular flexibility index (Phi) is 3.46. The fourth-order valence-corrected chi connectivity index (χ4v) is 1.96. The summed E-state index contributed by atoms with van der Waals surface area (Å²) in [6.45, 7) is 3.90. The first-order valence-corrected chi connectivity index (χ1v) is 5.77. The monoisotopic (exact) mass is 196 g/mol. The minimum absolute atomic E-state index is 0.332. The van der Waals surface area contributed by atoms with Gasteiger partial charge in [0.1, 0.15) is 6.10 Å². The van der Waals surface area contributed by atoms with Gasteiger partial charge in [-0.15, -0.1) is 0 Å². The van der Waals surface area contributed by atoms with Crippen LogP contribution in [0, 0.1) is 5.92 Å². The van der Waals surface area contributed by atoms with Gasteiger partial charge in [-0.25, -0.2) is 0 Å². The first kappa shape index (κ1) is 10.0. The third kappa shape index (κ3) is 2.50. The summed E-state index contributed by atoms with van der Waals surface area (Å²) in [4.78, 5) is 0. The third-order valence-electron chi connectivity index (χ3n) is 3.27. The lowest BCUT2D eigenvalue weighted by molar-refractivity contribution is -0.0886. The average molecular weight is 196 g/mol. The molecular formula is C12H20O2. The molecule has 2 aliphatic rings. The van der Waals surface area contributed by atoms with Crippen molar-refractivity contribution in [3.8, 4) is 0 Å². The average Bonchev–Trinajstić information content (AvgIpc) is 2.14. The fourth-order valence-electron chi connectivity index (χ4n) is 1.96. The first-order chi connectivity index (χ1) is 6.86. The molecule has 0 bridgehead atoms. The molecule has 2 heteroatoms. The second-order valence-corrected chi connectivity index (χ2v) is 4.48. The van der Waals surface area contributed by atoms with Crippen LogP contribution in [-0.4, -0.2) is 19.3 Å². The van der Waals surface area contributed by atoms with Gasteiger partial charge >= 0.3 is 0 Å². The van der Waals surface area contributed by atoms with E-state index in [1.54, 1.807) is 0 Å². The van der Waals surface area contributed by atoms with Crippen LogP contribution in [0.4, 0.5) is 0 Å². The molecule has 14 heavy (non-hydrogen) atoms. The quantitative estimate of drug-likeness (QED) is 0.646. The summed E-state index contributed by atoms with van der Waals surface area (Å²) in [6, 6.07) is 0. The van der Waals surface area contributed by atoms with E-state index in [1.807, 2.05) is 6.26 Å². The predicted octanol–water partition coefficient (Wildman–Crippen LogP) is 2.89. The van der Waals surface area contributed by atoms with Crippen molar-refractivity contribution in [2.24, 2.45) is 5.92 Å². The van der Waals surface area contributed by atoms with Crippen LogP contribution < -0.4 is 0 Å². The summed E-state index contributed by atoms with van der Waals surface area (Å²) < 4.78 is 10.9. The first-order valence-electron chi connectivity index (χ1n) is 5.77. The highest BCUT2D eigenvalue weighted by Gasteiger charge is 2.25. The van der Waals surface area contributed by atoms with Crippen LogP contribution in [0.15, 0.2) is 11.8 Å². The van der Waals surface area contributed by atoms with Gasteiger partial charge in [-0.05, 0) is 38.2 Å². The van der Waals surface area contributed by atoms with Gasteiger partial charge in [0.05, 0.1) is 19.5 Å². The second kappa shape index (κ2) is 4.83. The maximum Gasteiger partial charge on any atom is 0.102 e. The molecule has 2 fully saturated rings. The molecule has 80 valence electrons. The molecule has 0 aromatic carbocycles. The molecule has 2 nitrogen and oxygen atoms in total. The van der Waals surface area contributed by atoms with E-state index in [1.165, 1.54) is 37.7 Å². The standard InChI is InChI=1S/C12H20O2/c1-10(12-8-13-9-12)14-7-11-5-3-2-4-6-11/h7,10,12H,2-6,8-9H2,1H3. The minimum atomic E-state index is 0.332. The third-order valence-corrected chi connectivity index (χ3v) is 3.27. The SMILES string of the molecule is CC(OC=C1CCCCC1)C1COC1. The van der Waals surface area contributed by atoms with Crippen LogP contribution in [-0.2, 0) is 9.47 Å². The Morgan fingerprint density at radius 2 is 2.00 bits per heavy atom. The van der Waals surface area contributed by atoms with Crippen LogP contribution in [0.25, 0.3) is 0 Å². The Bertz CT molecular complexity index is 198. The van der Waals surface area contributed by atoms with Crippen LogP contribution in [0.2, 0.25) is 0 Å². The molecule has 0 aromatic rings. The molecule has 0 N–H and O–H groups in total. The highest BCUT2D eigenvalue weighted by atomic mass is 16.5. The number of hydrogen-bond acceptors (Lipinski definition) is 2. The van der Waals surface area contributed by atoms with Gasteiger partial charge in [0, 0.05) is 5.92 Å². The molecule has 2 rings (SSSR count). The van der Waals surface area contributed by atoms with Crippen molar-refractivity contribution in [1.82, 2.24) is 0 Å². The lowest BCUT2D eigenvalue weighted by Gasteiger charge is -2.31. The van der Waals surface area contributed by atoms with E-state index >= 15 is 0 Å². The highest BCUT2D eigenvalue weighted by molar-refractivity contribution is 5.00. The maximum absolute atomic E-state index is 5.74. The predicted molar refractivity (Wildman–Crippen MR) is 56.0 cm³/mol. The van der Waals surface area contributed by atoms with Gasteiger partial charge in [0.2, 0.25) is 0 Å². The zero-order valence-electron chi connectivity index (χ0n) is 9.00. The number of ether oxygens (including phenoxy) is 2. The van der Waals surface area contributed by atoms with Crippen LogP contribution in [0.3, 0.4) is 0 Å². The topological polar surface area (TPSA) is 18.5 Å². The Morgan fingerprint density at radius 1 is 1.29 bits per heavy atom. The summed E-state index contributed by atoms with van der Waals surface area (Å²) in [6.07, 6.45) is 8.91. The molecule has 1 aliphatic heterocycles. The molecule has 1 unspecified atom stereocenters. The van der Waals surface area contributed by atoms with Crippen LogP contribution in [0.5, 0.6) is 0 Å². The van der Waals surface area contributed by atoms with Crippen molar-refractivity contribution >= 4 is 0 Å². The molecule has 1 saturated carbocycles. The second-order valence-electron chi connectivity index (χ2n) is 4.48. The molecule has 1 aliphatic carbocycles. The lowest BCUT2D eigenvalue weighted by atomic mass is 9.96. The lowest BCUT2D eigenvalue weighted by Crippen LogP contribution is -2.37. The summed E-state index contributed by atoms with van der Waals surface area (Å²) in [5, 5.41) is 0. The van der Waals surface area contributed by atoms with E-state index in [0.29, 0.717) is 12.0 Å². The summed E-state index contributed by atoms with van der Waals surface area (Å²) in [7, 11) is 0. The largest absolute Gasteiger partial charge is 0.498 e. The number of rotatable bonds is 3. The zero-order chi connectivity index (χ0) is 9.80. The fraction of sp³-hybridized carbons (Fsp3) is 0.833.